The van der Waals surface area contributed by atoms with E-state index in [-0.39, 0.29) is 28.3 Å². The second-order valence-electron chi connectivity index (χ2n) is 7.25. The predicted molar refractivity (Wildman–Crippen MR) is 99.7 cm³/mol. The molecule has 2 aliphatic heterocycles. The molecule has 26 heavy (non-hydrogen) atoms. The highest BCUT2D eigenvalue weighted by Gasteiger charge is 2.34. The van der Waals surface area contributed by atoms with E-state index in [0.29, 0.717) is 32.0 Å². The van der Waals surface area contributed by atoms with Gasteiger partial charge in [-0.2, -0.15) is 0 Å². The van der Waals surface area contributed by atoms with E-state index in [4.69, 9.17) is 11.6 Å². The molecule has 2 aliphatic rings. The molecule has 1 aromatic carbocycles. The molecule has 3 rings (SSSR count). The summed E-state index contributed by atoms with van der Waals surface area (Å²) >= 11 is 6.01. The first-order valence-electron chi connectivity index (χ1n) is 9.56. The van der Waals surface area contributed by atoms with Crippen LogP contribution in [-0.2, 0) is 4.79 Å². The van der Waals surface area contributed by atoms with Crippen LogP contribution in [0.15, 0.2) is 18.2 Å². The fraction of sp³-hybridized carbons (Fsp3) is 0.600. The van der Waals surface area contributed by atoms with Gasteiger partial charge in [0.05, 0.1) is 10.6 Å². The van der Waals surface area contributed by atoms with Crippen molar-refractivity contribution in [3.05, 3.63) is 34.6 Å². The van der Waals surface area contributed by atoms with E-state index >= 15 is 0 Å². The smallest absolute Gasteiger partial charge is 0.258 e. The van der Waals surface area contributed by atoms with E-state index in [1.54, 1.807) is 4.90 Å². The highest BCUT2D eigenvalue weighted by molar-refractivity contribution is 6.33. The first kappa shape index (κ1) is 19.2. The van der Waals surface area contributed by atoms with Gasteiger partial charge < -0.3 is 9.80 Å². The summed E-state index contributed by atoms with van der Waals surface area (Å²) in [5.74, 6) is -0.793. The minimum Gasteiger partial charge on any atom is -0.339 e. The first-order valence-corrected chi connectivity index (χ1v) is 9.94. The minimum absolute atomic E-state index is 0.0395. The first-order chi connectivity index (χ1) is 12.5. The Hall–Kier alpha value is -1.62. The van der Waals surface area contributed by atoms with Crippen molar-refractivity contribution < 1.29 is 14.0 Å². The van der Waals surface area contributed by atoms with E-state index in [0.717, 1.165) is 25.8 Å². The van der Waals surface area contributed by atoms with E-state index in [2.05, 4.69) is 11.8 Å². The fourth-order valence-corrected chi connectivity index (χ4v) is 4.38. The molecule has 1 atom stereocenters. The van der Waals surface area contributed by atoms with Gasteiger partial charge in [0.15, 0.2) is 0 Å². The summed E-state index contributed by atoms with van der Waals surface area (Å²) in [6.45, 7) is 3.91. The monoisotopic (exact) mass is 380 g/mol. The molecule has 142 valence electrons. The van der Waals surface area contributed by atoms with Crippen molar-refractivity contribution in [1.29, 1.82) is 0 Å². The van der Waals surface area contributed by atoms with Crippen molar-refractivity contribution in [3.63, 3.8) is 0 Å². The number of nitrogens with zero attached hydrogens (tertiary/aromatic N) is 2. The van der Waals surface area contributed by atoms with Crippen LogP contribution in [-0.4, -0.2) is 47.3 Å². The Morgan fingerprint density at radius 2 is 1.88 bits per heavy atom. The SMILES string of the molecule is CCC1CCCCN1C(=O)C1CCN(C(=O)c2c(F)cccc2Cl)CC1. The number of rotatable bonds is 3. The zero-order chi connectivity index (χ0) is 18.7. The number of benzene rings is 1. The van der Waals surface area contributed by atoms with Crippen LogP contribution >= 0.6 is 11.6 Å². The lowest BCUT2D eigenvalue weighted by Gasteiger charge is -2.39. The number of carbonyl (C=O) groups is 2. The van der Waals surface area contributed by atoms with Gasteiger partial charge in [-0.25, -0.2) is 4.39 Å². The Morgan fingerprint density at radius 1 is 1.15 bits per heavy atom. The topological polar surface area (TPSA) is 40.6 Å². The quantitative estimate of drug-likeness (QED) is 0.791. The number of hydrogen-bond donors (Lipinski definition) is 0. The number of carbonyl (C=O) groups excluding carboxylic acids is 2. The molecular weight excluding hydrogens is 355 g/mol. The van der Waals surface area contributed by atoms with Crippen molar-refractivity contribution in [2.24, 2.45) is 5.92 Å². The van der Waals surface area contributed by atoms with Crippen molar-refractivity contribution in [2.45, 2.75) is 51.5 Å². The van der Waals surface area contributed by atoms with Gasteiger partial charge in [0.1, 0.15) is 5.82 Å². The van der Waals surface area contributed by atoms with Gasteiger partial charge in [-0.1, -0.05) is 24.6 Å². The molecule has 1 aromatic rings. The third kappa shape index (κ3) is 3.88. The van der Waals surface area contributed by atoms with Crippen molar-refractivity contribution in [2.75, 3.05) is 19.6 Å². The molecule has 0 aromatic heterocycles. The predicted octanol–water partition coefficient (Wildman–Crippen LogP) is 4.12. The molecule has 0 saturated carbocycles. The normalized spacial score (nSPS) is 21.7. The van der Waals surface area contributed by atoms with Crippen molar-refractivity contribution in [3.8, 4) is 0 Å². The van der Waals surface area contributed by atoms with Gasteiger partial charge in [0.2, 0.25) is 5.91 Å². The second-order valence-corrected chi connectivity index (χ2v) is 7.66. The standard InChI is InChI=1S/C20H26ClFN2O2/c1-2-15-6-3-4-11-24(15)19(25)14-9-12-23(13-10-14)20(26)18-16(21)7-5-8-17(18)22/h5,7-8,14-15H,2-4,6,9-13H2,1H3. The molecule has 2 heterocycles. The Bertz CT molecular complexity index is 654. The molecule has 0 radical (unpaired) electrons. The van der Waals surface area contributed by atoms with E-state index in [9.17, 15) is 14.0 Å². The van der Waals surface area contributed by atoms with Gasteiger partial charge in [-0.15, -0.1) is 0 Å². The van der Waals surface area contributed by atoms with Crippen LogP contribution in [0.1, 0.15) is 55.8 Å². The third-order valence-electron chi connectivity index (χ3n) is 5.69. The van der Waals surface area contributed by atoms with Crippen LogP contribution in [0.5, 0.6) is 0 Å². The number of piperidine rings is 2. The zero-order valence-corrected chi connectivity index (χ0v) is 16.0. The Labute approximate surface area is 159 Å². The summed E-state index contributed by atoms with van der Waals surface area (Å²) < 4.78 is 14.0. The maximum atomic E-state index is 14.0. The van der Waals surface area contributed by atoms with Gasteiger partial charge in [0, 0.05) is 31.6 Å². The summed E-state index contributed by atoms with van der Waals surface area (Å²) in [6.07, 6.45) is 5.61. The van der Waals surface area contributed by atoms with Gasteiger partial charge >= 0.3 is 0 Å². The fourth-order valence-electron chi connectivity index (χ4n) is 4.14. The molecule has 1 unspecified atom stereocenters. The van der Waals surface area contributed by atoms with Crippen LogP contribution in [0.25, 0.3) is 0 Å². The van der Waals surface area contributed by atoms with Crippen LogP contribution < -0.4 is 0 Å². The van der Waals surface area contributed by atoms with Gasteiger partial charge in [0.25, 0.3) is 5.91 Å². The summed E-state index contributed by atoms with van der Waals surface area (Å²) in [7, 11) is 0. The second kappa shape index (κ2) is 8.38. The Morgan fingerprint density at radius 3 is 2.54 bits per heavy atom. The van der Waals surface area contributed by atoms with E-state index in [1.807, 2.05) is 0 Å². The highest BCUT2D eigenvalue weighted by Crippen LogP contribution is 2.28. The number of amides is 2. The zero-order valence-electron chi connectivity index (χ0n) is 15.2. The molecule has 2 fully saturated rings. The summed E-state index contributed by atoms with van der Waals surface area (Å²) in [4.78, 5) is 29.2. The maximum absolute atomic E-state index is 14.0. The van der Waals surface area contributed by atoms with Crippen LogP contribution in [0.3, 0.4) is 0 Å². The van der Waals surface area contributed by atoms with Crippen molar-refractivity contribution >= 4 is 23.4 Å². The highest BCUT2D eigenvalue weighted by atomic mass is 35.5. The minimum atomic E-state index is -0.597. The molecule has 2 amide bonds. The van der Waals surface area contributed by atoms with E-state index in [1.165, 1.54) is 24.6 Å². The Balaban J connectivity index is 1.62. The average molecular weight is 381 g/mol. The summed E-state index contributed by atoms with van der Waals surface area (Å²) in [6, 6.07) is 4.61. The largest absolute Gasteiger partial charge is 0.339 e. The molecule has 4 nitrogen and oxygen atoms in total. The summed E-state index contributed by atoms with van der Waals surface area (Å²) in [5, 5.41) is 0.132. The Kier molecular flexibility index (Phi) is 6.17. The lowest BCUT2D eigenvalue weighted by Crippen LogP contribution is -2.49. The molecule has 6 heteroatoms. The number of halogens is 2. The molecule has 2 saturated heterocycles. The molecule has 0 aliphatic carbocycles. The number of likely N-dealkylation sites (tertiary alicyclic amines) is 2. The van der Waals surface area contributed by atoms with Crippen LogP contribution in [0.4, 0.5) is 4.39 Å². The number of hydrogen-bond acceptors (Lipinski definition) is 2. The van der Waals surface area contributed by atoms with Crippen LogP contribution in [0.2, 0.25) is 5.02 Å². The molecule has 0 spiro atoms. The lowest BCUT2D eigenvalue weighted by atomic mass is 9.91. The molecular formula is C20H26ClFN2O2. The maximum Gasteiger partial charge on any atom is 0.258 e. The van der Waals surface area contributed by atoms with Gasteiger partial charge in [-0.05, 0) is 50.7 Å². The van der Waals surface area contributed by atoms with Crippen molar-refractivity contribution in [1.82, 2.24) is 9.80 Å². The van der Waals surface area contributed by atoms with E-state index < -0.39 is 5.82 Å². The third-order valence-corrected chi connectivity index (χ3v) is 6.00. The average Bonchev–Trinajstić information content (AvgIpc) is 2.67. The molecule has 0 N–H and O–H groups in total. The lowest BCUT2D eigenvalue weighted by molar-refractivity contribution is -0.140. The van der Waals surface area contributed by atoms with Gasteiger partial charge in [-0.3, -0.25) is 9.59 Å². The summed E-state index contributed by atoms with van der Waals surface area (Å²) in [5.41, 5.74) is -0.0685. The molecule has 0 bridgehead atoms. The van der Waals surface area contributed by atoms with Crippen LogP contribution in [0, 0.1) is 11.7 Å².